The molecule has 0 aliphatic carbocycles. The lowest BCUT2D eigenvalue weighted by Gasteiger charge is -2.09. The van der Waals surface area contributed by atoms with E-state index in [4.69, 9.17) is 13.9 Å². The van der Waals surface area contributed by atoms with Crippen molar-refractivity contribution < 1.29 is 18.7 Å². The summed E-state index contributed by atoms with van der Waals surface area (Å²) >= 11 is 0. The first-order chi connectivity index (χ1) is 14.1. The zero-order chi connectivity index (χ0) is 20.2. The topological polar surface area (TPSA) is 65.7 Å². The third kappa shape index (κ3) is 4.35. The summed E-state index contributed by atoms with van der Waals surface area (Å²) in [6, 6.07) is 23.0. The Morgan fingerprint density at radius 2 is 1.69 bits per heavy atom. The van der Waals surface area contributed by atoms with E-state index in [0.29, 0.717) is 28.2 Å². The minimum atomic E-state index is -0.503. The molecule has 0 aliphatic rings. The van der Waals surface area contributed by atoms with Gasteiger partial charge in [-0.3, -0.25) is 0 Å². The van der Waals surface area contributed by atoms with Crippen LogP contribution in [0.2, 0.25) is 0 Å². The van der Waals surface area contributed by atoms with Crippen molar-refractivity contribution in [3.8, 4) is 11.5 Å². The lowest BCUT2D eigenvalue weighted by Crippen LogP contribution is -2.08. The highest BCUT2D eigenvalue weighted by Crippen LogP contribution is 2.23. The molecule has 5 nitrogen and oxygen atoms in total. The van der Waals surface area contributed by atoms with Gasteiger partial charge in [0, 0.05) is 17.0 Å². The molecular weight excluding hydrogens is 368 g/mol. The summed E-state index contributed by atoms with van der Waals surface area (Å²) in [5, 5.41) is 0.740. The van der Waals surface area contributed by atoms with Crippen LogP contribution < -0.4 is 10.4 Å². The van der Waals surface area contributed by atoms with Crippen LogP contribution in [0, 0.1) is 6.92 Å². The van der Waals surface area contributed by atoms with Crippen LogP contribution in [0.5, 0.6) is 11.5 Å². The maximum atomic E-state index is 12.5. The minimum absolute atomic E-state index is 0.0340. The van der Waals surface area contributed by atoms with E-state index >= 15 is 0 Å². The normalized spacial score (nSPS) is 10.7. The molecule has 0 saturated carbocycles. The van der Waals surface area contributed by atoms with Crippen molar-refractivity contribution in [1.82, 2.24) is 0 Å². The smallest absolute Gasteiger partial charge is 0.338 e. The first-order valence-electron chi connectivity index (χ1n) is 9.12. The molecule has 0 radical (unpaired) electrons. The summed E-state index contributed by atoms with van der Waals surface area (Å²) in [6.45, 7) is 1.88. The molecule has 3 aromatic carbocycles. The first-order valence-corrected chi connectivity index (χ1v) is 9.12. The molecule has 0 atom stereocenters. The number of fused-ring (bicyclic) bond motifs is 1. The van der Waals surface area contributed by atoms with Gasteiger partial charge in [-0.2, -0.15) is 0 Å². The molecule has 4 aromatic rings. The molecule has 0 amide bonds. The SMILES string of the molecule is Cc1ccc2c(COC(=O)c3cccc(Oc4ccccc4)c3)cc(=O)oc2c1. The quantitative estimate of drug-likeness (QED) is 0.346. The van der Waals surface area contributed by atoms with Crippen molar-refractivity contribution in [2.75, 3.05) is 0 Å². The van der Waals surface area contributed by atoms with Crippen LogP contribution in [-0.4, -0.2) is 5.97 Å². The van der Waals surface area contributed by atoms with Crippen LogP contribution in [0.25, 0.3) is 11.0 Å². The van der Waals surface area contributed by atoms with Crippen LogP contribution in [0.15, 0.2) is 88.1 Å². The maximum absolute atomic E-state index is 12.5. The van der Waals surface area contributed by atoms with Gasteiger partial charge in [0.2, 0.25) is 0 Å². The van der Waals surface area contributed by atoms with Crippen molar-refractivity contribution in [2.45, 2.75) is 13.5 Å². The molecule has 0 bridgehead atoms. The van der Waals surface area contributed by atoms with Gasteiger partial charge in [-0.1, -0.05) is 36.4 Å². The van der Waals surface area contributed by atoms with Gasteiger partial charge in [-0.15, -0.1) is 0 Å². The van der Waals surface area contributed by atoms with Gasteiger partial charge in [-0.25, -0.2) is 9.59 Å². The summed E-state index contributed by atoms with van der Waals surface area (Å²) < 4.78 is 16.4. The molecule has 0 aliphatic heterocycles. The number of rotatable bonds is 5. The number of benzene rings is 3. The predicted molar refractivity (Wildman–Crippen MR) is 109 cm³/mol. The van der Waals surface area contributed by atoms with E-state index in [1.54, 1.807) is 30.3 Å². The Kier molecular flexibility index (Phi) is 5.12. The number of aryl methyl sites for hydroxylation is 1. The highest BCUT2D eigenvalue weighted by Gasteiger charge is 2.12. The van der Waals surface area contributed by atoms with Crippen LogP contribution in [0.4, 0.5) is 0 Å². The summed E-state index contributed by atoms with van der Waals surface area (Å²) in [4.78, 5) is 24.3. The number of para-hydroxylation sites is 1. The van der Waals surface area contributed by atoms with Crippen molar-refractivity contribution in [2.24, 2.45) is 0 Å². The fraction of sp³-hybridized carbons (Fsp3) is 0.0833. The monoisotopic (exact) mass is 386 g/mol. The van der Waals surface area contributed by atoms with Gasteiger partial charge < -0.3 is 13.9 Å². The summed E-state index contributed by atoms with van der Waals surface area (Å²) in [6.07, 6.45) is 0. The summed E-state index contributed by atoms with van der Waals surface area (Å²) in [5.74, 6) is 0.708. The van der Waals surface area contributed by atoms with E-state index in [2.05, 4.69) is 0 Å². The molecule has 144 valence electrons. The van der Waals surface area contributed by atoms with Crippen LogP contribution >= 0.6 is 0 Å². The Bertz CT molecular complexity index is 1220. The fourth-order valence-electron chi connectivity index (χ4n) is 2.99. The minimum Gasteiger partial charge on any atom is -0.457 e. The molecule has 4 rings (SSSR count). The van der Waals surface area contributed by atoms with Gasteiger partial charge in [-0.05, 0) is 48.9 Å². The second-order valence-corrected chi connectivity index (χ2v) is 6.61. The second kappa shape index (κ2) is 8.02. The van der Waals surface area contributed by atoms with Gasteiger partial charge in [0.15, 0.2) is 0 Å². The second-order valence-electron chi connectivity index (χ2n) is 6.61. The Hall–Kier alpha value is -3.86. The molecule has 5 heteroatoms. The third-order valence-electron chi connectivity index (χ3n) is 4.39. The van der Waals surface area contributed by atoms with Gasteiger partial charge in [0.25, 0.3) is 0 Å². The van der Waals surface area contributed by atoms with Crippen LogP contribution in [0.3, 0.4) is 0 Å². The summed E-state index contributed by atoms with van der Waals surface area (Å²) in [5.41, 5.74) is 1.93. The molecule has 1 heterocycles. The van der Waals surface area contributed by atoms with E-state index < -0.39 is 11.6 Å². The molecule has 29 heavy (non-hydrogen) atoms. The average Bonchev–Trinajstić information content (AvgIpc) is 2.72. The van der Waals surface area contributed by atoms with Crippen molar-refractivity contribution in [1.29, 1.82) is 0 Å². The Morgan fingerprint density at radius 1 is 0.897 bits per heavy atom. The summed E-state index contributed by atoms with van der Waals surface area (Å²) in [7, 11) is 0. The van der Waals surface area contributed by atoms with Gasteiger partial charge >= 0.3 is 11.6 Å². The fourth-order valence-corrected chi connectivity index (χ4v) is 2.99. The molecule has 1 aromatic heterocycles. The predicted octanol–water partition coefficient (Wildman–Crippen LogP) is 5.25. The first kappa shape index (κ1) is 18.5. The largest absolute Gasteiger partial charge is 0.457 e. The van der Waals surface area contributed by atoms with E-state index in [1.807, 2.05) is 49.4 Å². The number of esters is 1. The number of carbonyl (C=O) groups excluding carboxylic acids is 1. The van der Waals surface area contributed by atoms with Crippen molar-refractivity contribution in [3.05, 3.63) is 106 Å². The van der Waals surface area contributed by atoms with Gasteiger partial charge in [0.1, 0.15) is 23.7 Å². The zero-order valence-electron chi connectivity index (χ0n) is 15.8. The number of hydrogen-bond donors (Lipinski definition) is 0. The van der Waals surface area contributed by atoms with Crippen molar-refractivity contribution >= 4 is 16.9 Å². The molecular formula is C24H18O5. The molecule has 0 N–H and O–H groups in total. The Labute approximate surface area is 167 Å². The van der Waals surface area contributed by atoms with E-state index in [0.717, 1.165) is 10.9 Å². The van der Waals surface area contributed by atoms with Crippen LogP contribution in [0.1, 0.15) is 21.5 Å². The van der Waals surface area contributed by atoms with E-state index in [9.17, 15) is 9.59 Å². The lowest BCUT2D eigenvalue weighted by molar-refractivity contribution is 0.0473. The number of carbonyl (C=O) groups is 1. The standard InChI is InChI=1S/C24H18O5/c1-16-10-11-21-18(14-23(25)29-22(21)12-16)15-27-24(26)17-6-5-9-20(13-17)28-19-7-3-2-4-8-19/h2-14H,15H2,1H3. The third-order valence-corrected chi connectivity index (χ3v) is 4.39. The maximum Gasteiger partial charge on any atom is 0.338 e. The molecule has 0 saturated heterocycles. The highest BCUT2D eigenvalue weighted by molar-refractivity contribution is 5.90. The number of ether oxygens (including phenoxy) is 2. The van der Waals surface area contributed by atoms with Gasteiger partial charge in [0.05, 0.1) is 5.56 Å². The molecule has 0 spiro atoms. The van der Waals surface area contributed by atoms with Crippen LogP contribution in [-0.2, 0) is 11.3 Å². The van der Waals surface area contributed by atoms with E-state index in [1.165, 1.54) is 6.07 Å². The lowest BCUT2D eigenvalue weighted by atomic mass is 10.1. The van der Waals surface area contributed by atoms with Crippen molar-refractivity contribution in [3.63, 3.8) is 0 Å². The Balaban J connectivity index is 1.51. The molecule has 0 unspecified atom stereocenters. The van der Waals surface area contributed by atoms with E-state index in [-0.39, 0.29) is 6.61 Å². The number of hydrogen-bond acceptors (Lipinski definition) is 5. The highest BCUT2D eigenvalue weighted by atomic mass is 16.5. The molecule has 0 fully saturated rings. The zero-order valence-corrected chi connectivity index (χ0v) is 15.8. The Morgan fingerprint density at radius 3 is 2.52 bits per heavy atom. The average molecular weight is 386 g/mol.